The minimum Gasteiger partial charge on any atom is -0.370 e. The predicted molar refractivity (Wildman–Crippen MR) is 74.2 cm³/mol. The van der Waals surface area contributed by atoms with Gasteiger partial charge in [0.25, 0.3) is 0 Å². The van der Waals surface area contributed by atoms with Crippen molar-refractivity contribution in [2.75, 3.05) is 11.9 Å². The van der Waals surface area contributed by atoms with Crippen LogP contribution in [0, 0.1) is 6.92 Å². The number of aromatic nitrogens is 3. The molecule has 0 bridgehead atoms. The van der Waals surface area contributed by atoms with Crippen molar-refractivity contribution in [1.29, 1.82) is 0 Å². The van der Waals surface area contributed by atoms with Gasteiger partial charge in [0.1, 0.15) is 5.82 Å². The fourth-order valence-electron chi connectivity index (χ4n) is 1.70. The second kappa shape index (κ2) is 6.31. The van der Waals surface area contributed by atoms with Crippen molar-refractivity contribution in [1.82, 2.24) is 15.1 Å². The van der Waals surface area contributed by atoms with Crippen LogP contribution in [0.1, 0.15) is 43.6 Å². The lowest BCUT2D eigenvalue weighted by Gasteiger charge is -2.04. The van der Waals surface area contributed by atoms with Crippen LogP contribution >= 0.6 is 0 Å². The van der Waals surface area contributed by atoms with Gasteiger partial charge in [-0.25, -0.2) is 4.98 Å². The van der Waals surface area contributed by atoms with Crippen molar-refractivity contribution in [3.63, 3.8) is 0 Å². The predicted octanol–water partition coefficient (Wildman–Crippen LogP) is 2.94. The van der Waals surface area contributed by atoms with E-state index in [0.29, 0.717) is 11.8 Å². The van der Waals surface area contributed by atoms with Crippen molar-refractivity contribution in [3.05, 3.63) is 35.6 Å². The van der Waals surface area contributed by atoms with E-state index in [2.05, 4.69) is 34.3 Å². The molecule has 0 atom stereocenters. The van der Waals surface area contributed by atoms with Gasteiger partial charge >= 0.3 is 0 Å². The molecular formula is C14H20N4O. The highest BCUT2D eigenvalue weighted by Gasteiger charge is 2.08. The number of anilines is 1. The molecule has 2 aromatic rings. The lowest BCUT2D eigenvalue weighted by atomic mass is 10.2. The van der Waals surface area contributed by atoms with Gasteiger partial charge in [-0.15, -0.1) is 0 Å². The first-order valence-electron chi connectivity index (χ1n) is 6.65. The van der Waals surface area contributed by atoms with Crippen LogP contribution in [0.3, 0.4) is 0 Å². The molecule has 19 heavy (non-hydrogen) atoms. The first-order valence-corrected chi connectivity index (χ1v) is 6.65. The molecular weight excluding hydrogens is 240 g/mol. The Morgan fingerprint density at radius 2 is 2.11 bits per heavy atom. The Labute approximate surface area is 113 Å². The molecule has 0 aliphatic heterocycles. The molecule has 1 N–H and O–H groups in total. The molecule has 0 aromatic carbocycles. The highest BCUT2D eigenvalue weighted by atomic mass is 16.5. The maximum atomic E-state index is 5.19. The summed E-state index contributed by atoms with van der Waals surface area (Å²) in [6.07, 6.45) is 1.73. The van der Waals surface area contributed by atoms with Gasteiger partial charge in [-0.05, 0) is 25.5 Å². The molecule has 0 unspecified atom stereocenters. The fraction of sp³-hybridized carbons (Fsp3) is 0.500. The van der Waals surface area contributed by atoms with E-state index in [0.717, 1.165) is 36.7 Å². The highest BCUT2D eigenvalue weighted by molar-refractivity contribution is 5.34. The zero-order valence-corrected chi connectivity index (χ0v) is 11.7. The maximum Gasteiger partial charge on any atom is 0.226 e. The SMILES string of the molecule is Cc1cccc(NCCCc2nc(C(C)C)no2)n1. The number of pyridine rings is 1. The monoisotopic (exact) mass is 260 g/mol. The zero-order chi connectivity index (χ0) is 13.7. The number of rotatable bonds is 6. The largest absolute Gasteiger partial charge is 0.370 e. The van der Waals surface area contributed by atoms with Crippen molar-refractivity contribution in [2.24, 2.45) is 0 Å². The van der Waals surface area contributed by atoms with E-state index in [-0.39, 0.29) is 0 Å². The molecule has 2 heterocycles. The molecule has 0 saturated heterocycles. The molecule has 5 nitrogen and oxygen atoms in total. The minimum absolute atomic E-state index is 0.312. The summed E-state index contributed by atoms with van der Waals surface area (Å²) in [5.74, 6) is 2.71. The average Bonchev–Trinajstić information content (AvgIpc) is 2.84. The van der Waals surface area contributed by atoms with E-state index < -0.39 is 0 Å². The molecule has 0 aliphatic rings. The normalized spacial score (nSPS) is 10.9. The van der Waals surface area contributed by atoms with Crippen LogP contribution in [0.25, 0.3) is 0 Å². The van der Waals surface area contributed by atoms with E-state index >= 15 is 0 Å². The van der Waals surface area contributed by atoms with E-state index in [1.54, 1.807) is 0 Å². The Kier molecular flexibility index (Phi) is 4.49. The summed E-state index contributed by atoms with van der Waals surface area (Å²) in [6, 6.07) is 5.95. The van der Waals surface area contributed by atoms with Crippen molar-refractivity contribution >= 4 is 5.82 Å². The quantitative estimate of drug-likeness (QED) is 0.809. The molecule has 0 fully saturated rings. The summed E-state index contributed by atoms with van der Waals surface area (Å²) in [7, 11) is 0. The van der Waals surface area contributed by atoms with Gasteiger partial charge in [-0.1, -0.05) is 25.1 Å². The van der Waals surface area contributed by atoms with Gasteiger partial charge in [0, 0.05) is 24.6 Å². The van der Waals surface area contributed by atoms with Crippen LogP contribution in [0.5, 0.6) is 0 Å². The summed E-state index contributed by atoms with van der Waals surface area (Å²) in [4.78, 5) is 8.73. The molecule has 0 spiro atoms. The first kappa shape index (κ1) is 13.5. The number of hydrogen-bond donors (Lipinski definition) is 1. The van der Waals surface area contributed by atoms with Gasteiger partial charge < -0.3 is 9.84 Å². The third kappa shape index (κ3) is 4.05. The van der Waals surface area contributed by atoms with Gasteiger partial charge in [0.15, 0.2) is 5.82 Å². The number of nitrogens with zero attached hydrogens (tertiary/aromatic N) is 3. The molecule has 2 aromatic heterocycles. The standard InChI is InChI=1S/C14H20N4O/c1-10(2)14-17-13(19-18-14)8-5-9-15-12-7-4-6-11(3)16-12/h4,6-7,10H,5,8-9H2,1-3H3,(H,15,16). The highest BCUT2D eigenvalue weighted by Crippen LogP contribution is 2.10. The maximum absolute atomic E-state index is 5.19. The van der Waals surface area contributed by atoms with Crippen LogP contribution in [-0.2, 0) is 6.42 Å². The lowest BCUT2D eigenvalue weighted by molar-refractivity contribution is 0.369. The fourth-order valence-corrected chi connectivity index (χ4v) is 1.70. The van der Waals surface area contributed by atoms with Crippen molar-refractivity contribution in [2.45, 2.75) is 39.5 Å². The summed E-state index contributed by atoms with van der Waals surface area (Å²) < 4.78 is 5.19. The summed E-state index contributed by atoms with van der Waals surface area (Å²) in [5.41, 5.74) is 1.02. The lowest BCUT2D eigenvalue weighted by Crippen LogP contribution is -2.05. The van der Waals surface area contributed by atoms with Crippen LogP contribution in [0.2, 0.25) is 0 Å². The molecule has 0 radical (unpaired) electrons. The number of hydrogen-bond acceptors (Lipinski definition) is 5. The Hall–Kier alpha value is -1.91. The second-order valence-electron chi connectivity index (χ2n) is 4.90. The van der Waals surface area contributed by atoms with Crippen molar-refractivity contribution in [3.8, 4) is 0 Å². The first-order chi connectivity index (χ1) is 9.15. The van der Waals surface area contributed by atoms with Crippen molar-refractivity contribution < 1.29 is 4.52 Å². The zero-order valence-electron chi connectivity index (χ0n) is 11.7. The molecule has 2 rings (SSSR count). The van der Waals surface area contributed by atoms with E-state index in [4.69, 9.17) is 4.52 Å². The minimum atomic E-state index is 0.312. The van der Waals surface area contributed by atoms with Crippen LogP contribution < -0.4 is 5.32 Å². The van der Waals surface area contributed by atoms with E-state index in [9.17, 15) is 0 Å². The Morgan fingerprint density at radius 3 is 2.79 bits per heavy atom. The molecule has 0 amide bonds. The summed E-state index contributed by atoms with van der Waals surface area (Å²) >= 11 is 0. The van der Waals surface area contributed by atoms with E-state index in [1.165, 1.54) is 0 Å². The second-order valence-corrected chi connectivity index (χ2v) is 4.90. The molecule has 102 valence electrons. The Morgan fingerprint density at radius 1 is 1.26 bits per heavy atom. The number of aryl methyl sites for hydroxylation is 2. The van der Waals surface area contributed by atoms with Gasteiger partial charge in [0.05, 0.1) is 0 Å². The van der Waals surface area contributed by atoms with E-state index in [1.807, 2.05) is 25.1 Å². The Bertz CT molecular complexity index is 522. The third-order valence-corrected chi connectivity index (χ3v) is 2.76. The third-order valence-electron chi connectivity index (χ3n) is 2.76. The topological polar surface area (TPSA) is 63.8 Å². The van der Waals surface area contributed by atoms with Gasteiger partial charge in [-0.2, -0.15) is 4.98 Å². The smallest absolute Gasteiger partial charge is 0.226 e. The van der Waals surface area contributed by atoms with Crippen LogP contribution in [0.15, 0.2) is 22.7 Å². The van der Waals surface area contributed by atoms with Gasteiger partial charge in [0.2, 0.25) is 5.89 Å². The molecule has 5 heteroatoms. The summed E-state index contributed by atoms with van der Waals surface area (Å²) in [5, 5.41) is 7.23. The number of nitrogens with one attached hydrogen (secondary N) is 1. The molecule has 0 aliphatic carbocycles. The van der Waals surface area contributed by atoms with Gasteiger partial charge in [-0.3, -0.25) is 0 Å². The Balaban J connectivity index is 1.74. The van der Waals surface area contributed by atoms with Crippen LogP contribution in [-0.4, -0.2) is 21.7 Å². The average molecular weight is 260 g/mol. The van der Waals surface area contributed by atoms with Crippen LogP contribution in [0.4, 0.5) is 5.82 Å². The summed E-state index contributed by atoms with van der Waals surface area (Å²) in [6.45, 7) is 6.94. The molecule has 0 saturated carbocycles.